The lowest BCUT2D eigenvalue weighted by Gasteiger charge is -2.24. The molecule has 4 nitrogen and oxygen atoms in total. The maximum Gasteiger partial charge on any atom is 0.224 e. The molecule has 116 valence electrons. The summed E-state index contributed by atoms with van der Waals surface area (Å²) in [6, 6.07) is 6.44. The molecule has 2 heterocycles. The van der Waals surface area contributed by atoms with Gasteiger partial charge >= 0.3 is 0 Å². The van der Waals surface area contributed by atoms with Gasteiger partial charge in [-0.3, -0.25) is 4.79 Å². The maximum absolute atomic E-state index is 12.3. The lowest BCUT2D eigenvalue weighted by atomic mass is 10.0. The van der Waals surface area contributed by atoms with Crippen molar-refractivity contribution in [2.45, 2.75) is 52.6 Å². The fourth-order valence-electron chi connectivity index (χ4n) is 3.08. The van der Waals surface area contributed by atoms with E-state index in [0.717, 1.165) is 36.5 Å². The van der Waals surface area contributed by atoms with Crippen molar-refractivity contribution < 1.29 is 4.79 Å². The van der Waals surface area contributed by atoms with E-state index in [0.29, 0.717) is 6.42 Å². The van der Waals surface area contributed by atoms with E-state index in [2.05, 4.69) is 47.0 Å². The van der Waals surface area contributed by atoms with Gasteiger partial charge in [-0.05, 0) is 43.9 Å². The molecule has 1 N–H and O–H groups in total. The molecular formula is C18H23N3O. The third kappa shape index (κ3) is 3.21. The fourth-order valence-corrected chi connectivity index (χ4v) is 3.08. The van der Waals surface area contributed by atoms with Crippen molar-refractivity contribution in [1.29, 1.82) is 0 Å². The number of fused-ring (bicyclic) bond motifs is 1. The van der Waals surface area contributed by atoms with E-state index in [1.54, 1.807) is 0 Å². The molecule has 0 saturated heterocycles. The number of benzene rings is 1. The zero-order valence-corrected chi connectivity index (χ0v) is 13.5. The smallest absolute Gasteiger partial charge is 0.224 e. The molecule has 0 radical (unpaired) electrons. The number of amides is 1. The number of nitrogens with one attached hydrogen (secondary N) is 1. The number of hydrogen-bond acceptors (Lipinski definition) is 2. The van der Waals surface area contributed by atoms with Crippen molar-refractivity contribution in [3.63, 3.8) is 0 Å². The first kappa shape index (κ1) is 14.8. The second kappa shape index (κ2) is 5.95. The largest absolute Gasteiger partial charge is 0.351 e. The van der Waals surface area contributed by atoms with Crippen LogP contribution in [0, 0.1) is 20.8 Å². The summed E-state index contributed by atoms with van der Waals surface area (Å²) in [7, 11) is 0. The van der Waals surface area contributed by atoms with Gasteiger partial charge in [0.05, 0.1) is 12.1 Å². The average Bonchev–Trinajstić information content (AvgIpc) is 2.82. The van der Waals surface area contributed by atoms with Crippen LogP contribution in [0.3, 0.4) is 0 Å². The molecule has 1 unspecified atom stereocenters. The Morgan fingerprint density at radius 1 is 1.32 bits per heavy atom. The van der Waals surface area contributed by atoms with Crippen LogP contribution in [-0.2, 0) is 24.2 Å². The lowest BCUT2D eigenvalue weighted by molar-refractivity contribution is -0.121. The molecular weight excluding hydrogens is 274 g/mol. The van der Waals surface area contributed by atoms with Crippen LogP contribution in [0.5, 0.6) is 0 Å². The monoisotopic (exact) mass is 297 g/mol. The molecule has 1 aliphatic heterocycles. The minimum absolute atomic E-state index is 0.105. The Morgan fingerprint density at radius 3 is 2.91 bits per heavy atom. The summed E-state index contributed by atoms with van der Waals surface area (Å²) in [5.74, 6) is 1.24. The van der Waals surface area contributed by atoms with Crippen LogP contribution in [0.15, 0.2) is 24.4 Å². The van der Waals surface area contributed by atoms with E-state index >= 15 is 0 Å². The molecule has 0 aliphatic carbocycles. The molecule has 0 saturated carbocycles. The quantitative estimate of drug-likeness (QED) is 0.946. The standard InChI is InChI=1S/C18H23N3O/c1-12-4-5-15(8-13(12)2)9-18(22)20-16-6-7-17-19-14(3)10-21(17)11-16/h4-5,8,10,16H,6-7,9,11H2,1-3H3,(H,20,22). The number of aryl methyl sites for hydroxylation is 4. The first-order valence-electron chi connectivity index (χ1n) is 7.89. The number of hydrogen-bond donors (Lipinski definition) is 1. The summed E-state index contributed by atoms with van der Waals surface area (Å²) < 4.78 is 2.17. The van der Waals surface area contributed by atoms with Crippen molar-refractivity contribution in [2.24, 2.45) is 0 Å². The van der Waals surface area contributed by atoms with Crippen LogP contribution in [0.1, 0.15) is 34.6 Å². The molecule has 2 aromatic rings. The van der Waals surface area contributed by atoms with E-state index in [9.17, 15) is 4.79 Å². The zero-order valence-electron chi connectivity index (χ0n) is 13.5. The van der Waals surface area contributed by atoms with E-state index in [1.807, 2.05) is 13.0 Å². The molecule has 22 heavy (non-hydrogen) atoms. The number of carbonyl (C=O) groups excluding carboxylic acids is 1. The summed E-state index contributed by atoms with van der Waals surface area (Å²) >= 11 is 0. The number of nitrogens with zero attached hydrogens (tertiary/aromatic N) is 2. The van der Waals surface area contributed by atoms with E-state index in [1.165, 1.54) is 11.1 Å². The Kier molecular flexibility index (Phi) is 4.01. The molecule has 1 atom stereocenters. The fraction of sp³-hybridized carbons (Fsp3) is 0.444. The Morgan fingerprint density at radius 2 is 2.14 bits per heavy atom. The minimum atomic E-state index is 0.105. The van der Waals surface area contributed by atoms with Gasteiger partial charge in [0.2, 0.25) is 5.91 Å². The van der Waals surface area contributed by atoms with Crippen LogP contribution in [0.4, 0.5) is 0 Å². The van der Waals surface area contributed by atoms with Gasteiger partial charge in [-0.1, -0.05) is 18.2 Å². The highest BCUT2D eigenvalue weighted by atomic mass is 16.1. The number of rotatable bonds is 3. The van der Waals surface area contributed by atoms with Crippen molar-refractivity contribution in [3.05, 3.63) is 52.6 Å². The highest BCUT2D eigenvalue weighted by Gasteiger charge is 2.21. The molecule has 3 rings (SSSR count). The van der Waals surface area contributed by atoms with Crippen molar-refractivity contribution >= 4 is 5.91 Å². The third-order valence-electron chi connectivity index (χ3n) is 4.41. The SMILES string of the molecule is Cc1cn2c(n1)CCC(NC(=O)Cc1ccc(C)c(C)c1)C2. The second-order valence-electron chi connectivity index (χ2n) is 6.35. The molecule has 1 aromatic carbocycles. The Hall–Kier alpha value is -2.10. The maximum atomic E-state index is 12.3. The van der Waals surface area contributed by atoms with E-state index < -0.39 is 0 Å². The Balaban J connectivity index is 1.59. The van der Waals surface area contributed by atoms with Gasteiger partial charge in [0.25, 0.3) is 0 Å². The van der Waals surface area contributed by atoms with Crippen molar-refractivity contribution in [1.82, 2.24) is 14.9 Å². The van der Waals surface area contributed by atoms with Crippen LogP contribution in [0.2, 0.25) is 0 Å². The minimum Gasteiger partial charge on any atom is -0.351 e. The highest BCUT2D eigenvalue weighted by molar-refractivity contribution is 5.79. The van der Waals surface area contributed by atoms with Crippen LogP contribution >= 0.6 is 0 Å². The van der Waals surface area contributed by atoms with Gasteiger partial charge < -0.3 is 9.88 Å². The topological polar surface area (TPSA) is 46.9 Å². The second-order valence-corrected chi connectivity index (χ2v) is 6.35. The highest BCUT2D eigenvalue weighted by Crippen LogP contribution is 2.15. The predicted octanol–water partition coefficient (Wildman–Crippen LogP) is 2.48. The Labute approximate surface area is 131 Å². The van der Waals surface area contributed by atoms with Gasteiger partial charge in [0, 0.05) is 25.2 Å². The zero-order chi connectivity index (χ0) is 15.7. The Bertz CT molecular complexity index is 702. The van der Waals surface area contributed by atoms with Crippen molar-refractivity contribution in [3.8, 4) is 0 Å². The molecule has 4 heteroatoms. The number of carbonyl (C=O) groups is 1. The predicted molar refractivity (Wildman–Crippen MR) is 86.8 cm³/mol. The van der Waals surface area contributed by atoms with E-state index in [-0.39, 0.29) is 11.9 Å². The molecule has 0 spiro atoms. The summed E-state index contributed by atoms with van der Waals surface area (Å²) in [5.41, 5.74) is 4.63. The molecule has 1 aromatic heterocycles. The van der Waals surface area contributed by atoms with Crippen molar-refractivity contribution in [2.75, 3.05) is 0 Å². The normalized spacial score (nSPS) is 17.1. The first-order valence-corrected chi connectivity index (χ1v) is 7.89. The number of imidazole rings is 1. The van der Waals surface area contributed by atoms with Gasteiger partial charge in [0.1, 0.15) is 5.82 Å². The molecule has 0 fully saturated rings. The van der Waals surface area contributed by atoms with Crippen LogP contribution < -0.4 is 5.32 Å². The number of aromatic nitrogens is 2. The average molecular weight is 297 g/mol. The lowest BCUT2D eigenvalue weighted by Crippen LogP contribution is -2.41. The van der Waals surface area contributed by atoms with E-state index in [4.69, 9.17) is 0 Å². The van der Waals surface area contributed by atoms with Crippen LogP contribution in [0.25, 0.3) is 0 Å². The van der Waals surface area contributed by atoms with Gasteiger partial charge in [-0.15, -0.1) is 0 Å². The molecule has 1 amide bonds. The third-order valence-corrected chi connectivity index (χ3v) is 4.41. The molecule has 0 bridgehead atoms. The summed E-state index contributed by atoms with van der Waals surface area (Å²) in [6.07, 6.45) is 4.42. The first-order chi connectivity index (χ1) is 10.5. The van der Waals surface area contributed by atoms with Gasteiger partial charge in [0.15, 0.2) is 0 Å². The van der Waals surface area contributed by atoms with Crippen LogP contribution in [-0.4, -0.2) is 21.5 Å². The summed E-state index contributed by atoms with van der Waals surface area (Å²) in [5, 5.41) is 3.16. The molecule has 1 aliphatic rings. The van der Waals surface area contributed by atoms with Gasteiger partial charge in [-0.25, -0.2) is 4.98 Å². The summed E-state index contributed by atoms with van der Waals surface area (Å²) in [4.78, 5) is 16.8. The summed E-state index contributed by atoms with van der Waals surface area (Å²) in [6.45, 7) is 7.01. The van der Waals surface area contributed by atoms with Gasteiger partial charge in [-0.2, -0.15) is 0 Å².